The number of hydrazone groups is 1. The monoisotopic (exact) mass is 576 g/mol. The highest BCUT2D eigenvalue weighted by Crippen LogP contribution is 2.34. The highest BCUT2D eigenvalue weighted by atomic mass is 16.6. The lowest BCUT2D eigenvalue weighted by atomic mass is 10.0. The van der Waals surface area contributed by atoms with Crippen LogP contribution in [0.1, 0.15) is 42.5 Å². The standard InChI is InChI=1S/C31H36N4O7/c1-20(2)14-25(33-29(36)19-42-30-21(3)10-9-11-22(30)4)31(37)34-32-17-24-15-27(40-5)28(16-26(24)35(38)39)41-18-23-12-7-6-8-13-23/h6-13,15-17,20,25H,14,18-19H2,1-5H3,(H,33,36)(H,34,37)/b32-17-/t25-/m1/s1. The minimum Gasteiger partial charge on any atom is -0.493 e. The first-order valence-corrected chi connectivity index (χ1v) is 13.4. The molecule has 3 rings (SSSR count). The minimum atomic E-state index is -0.894. The van der Waals surface area contributed by atoms with Crippen LogP contribution in [0, 0.1) is 29.9 Å². The average Bonchev–Trinajstić information content (AvgIpc) is 2.95. The number of carbonyl (C=O) groups is 2. The van der Waals surface area contributed by atoms with Crippen molar-refractivity contribution < 1.29 is 28.7 Å². The first kappa shape index (κ1) is 31.6. The number of nitrogens with zero attached hydrogens (tertiary/aromatic N) is 2. The van der Waals surface area contributed by atoms with E-state index in [0.29, 0.717) is 12.2 Å². The Morgan fingerprint density at radius 3 is 2.31 bits per heavy atom. The molecule has 0 bridgehead atoms. The summed E-state index contributed by atoms with van der Waals surface area (Å²) in [5, 5.41) is 18.4. The zero-order valence-corrected chi connectivity index (χ0v) is 24.4. The van der Waals surface area contributed by atoms with Crippen LogP contribution in [0.3, 0.4) is 0 Å². The molecular formula is C31H36N4O7. The molecule has 0 unspecified atom stereocenters. The van der Waals surface area contributed by atoms with Crippen LogP contribution < -0.4 is 25.0 Å². The summed E-state index contributed by atoms with van der Waals surface area (Å²) in [4.78, 5) is 36.8. The maximum Gasteiger partial charge on any atom is 0.282 e. The van der Waals surface area contributed by atoms with Gasteiger partial charge < -0.3 is 19.5 Å². The van der Waals surface area contributed by atoms with Crippen molar-refractivity contribution in [2.75, 3.05) is 13.7 Å². The fourth-order valence-electron chi connectivity index (χ4n) is 4.18. The SMILES string of the molecule is COc1cc(/C=N\NC(=O)[C@@H](CC(C)C)NC(=O)COc2c(C)cccc2C)c([N+](=O)[O-])cc1OCc1ccccc1. The molecule has 0 heterocycles. The topological polar surface area (TPSA) is 141 Å². The van der Waals surface area contributed by atoms with Gasteiger partial charge in [0.15, 0.2) is 18.1 Å². The Kier molecular flexibility index (Phi) is 11.4. The molecule has 222 valence electrons. The maximum absolute atomic E-state index is 12.9. The number of amides is 2. The summed E-state index contributed by atoms with van der Waals surface area (Å²) in [6.45, 7) is 7.54. The molecule has 0 aliphatic heterocycles. The molecule has 0 saturated carbocycles. The fraction of sp³-hybridized carbons (Fsp3) is 0.323. The Morgan fingerprint density at radius 2 is 1.69 bits per heavy atom. The second-order valence-electron chi connectivity index (χ2n) is 10.1. The van der Waals surface area contributed by atoms with Crippen LogP contribution in [0.4, 0.5) is 5.69 Å². The number of aryl methyl sites for hydroxylation is 2. The molecule has 1 atom stereocenters. The first-order valence-electron chi connectivity index (χ1n) is 13.4. The van der Waals surface area contributed by atoms with Gasteiger partial charge in [-0.2, -0.15) is 5.10 Å². The molecule has 0 fully saturated rings. The van der Waals surface area contributed by atoms with Crippen LogP contribution in [0.5, 0.6) is 17.2 Å². The van der Waals surface area contributed by atoms with Crippen molar-refractivity contribution >= 4 is 23.7 Å². The summed E-state index contributed by atoms with van der Waals surface area (Å²) < 4.78 is 16.9. The van der Waals surface area contributed by atoms with E-state index in [2.05, 4.69) is 15.8 Å². The number of rotatable bonds is 14. The van der Waals surface area contributed by atoms with E-state index in [4.69, 9.17) is 14.2 Å². The third-order valence-electron chi connectivity index (χ3n) is 6.24. The number of nitrogens with one attached hydrogen (secondary N) is 2. The van der Waals surface area contributed by atoms with E-state index >= 15 is 0 Å². The van der Waals surface area contributed by atoms with Gasteiger partial charge in [-0.3, -0.25) is 19.7 Å². The summed E-state index contributed by atoms with van der Waals surface area (Å²) in [7, 11) is 1.42. The van der Waals surface area contributed by atoms with Gasteiger partial charge in [0, 0.05) is 0 Å². The maximum atomic E-state index is 12.9. The summed E-state index contributed by atoms with van der Waals surface area (Å²) in [5.41, 5.74) is 4.87. The number of nitro groups is 1. The second kappa shape index (κ2) is 15.2. The minimum absolute atomic E-state index is 0.0818. The second-order valence-corrected chi connectivity index (χ2v) is 10.1. The molecular weight excluding hydrogens is 540 g/mol. The van der Waals surface area contributed by atoms with Gasteiger partial charge in [0.1, 0.15) is 18.4 Å². The molecule has 0 spiro atoms. The number of methoxy groups -OCH3 is 1. The third-order valence-corrected chi connectivity index (χ3v) is 6.24. The van der Waals surface area contributed by atoms with E-state index in [1.165, 1.54) is 19.2 Å². The third kappa shape index (κ3) is 9.05. The van der Waals surface area contributed by atoms with Crippen LogP contribution in [0.25, 0.3) is 0 Å². The van der Waals surface area contributed by atoms with Crippen molar-refractivity contribution in [3.8, 4) is 17.2 Å². The van der Waals surface area contributed by atoms with Gasteiger partial charge in [-0.05, 0) is 48.9 Å². The predicted molar refractivity (Wildman–Crippen MR) is 159 cm³/mol. The molecule has 3 aromatic carbocycles. The van der Waals surface area contributed by atoms with E-state index in [0.717, 1.165) is 22.9 Å². The lowest BCUT2D eigenvalue weighted by Crippen LogP contribution is -2.47. The van der Waals surface area contributed by atoms with Gasteiger partial charge in [-0.25, -0.2) is 5.43 Å². The Hall–Kier alpha value is -4.93. The molecule has 0 saturated heterocycles. The summed E-state index contributed by atoms with van der Waals surface area (Å²) >= 11 is 0. The number of carbonyl (C=O) groups excluding carboxylic acids is 2. The summed E-state index contributed by atoms with van der Waals surface area (Å²) in [6, 6.07) is 16.8. The van der Waals surface area contributed by atoms with E-state index in [-0.39, 0.29) is 41.9 Å². The number of hydrogen-bond acceptors (Lipinski definition) is 8. The Balaban J connectivity index is 1.69. The molecule has 3 aromatic rings. The smallest absolute Gasteiger partial charge is 0.282 e. The fourth-order valence-corrected chi connectivity index (χ4v) is 4.18. The normalized spacial score (nSPS) is 11.7. The van der Waals surface area contributed by atoms with E-state index in [1.54, 1.807) is 0 Å². The van der Waals surface area contributed by atoms with Gasteiger partial charge in [-0.1, -0.05) is 62.4 Å². The number of hydrogen-bond donors (Lipinski definition) is 2. The molecule has 2 amide bonds. The quantitative estimate of drug-likeness (QED) is 0.159. The highest BCUT2D eigenvalue weighted by molar-refractivity contribution is 5.90. The van der Waals surface area contributed by atoms with Crippen molar-refractivity contribution in [2.45, 2.75) is 46.8 Å². The first-order chi connectivity index (χ1) is 20.1. The number of para-hydroxylation sites is 1. The molecule has 0 aliphatic carbocycles. The van der Waals surface area contributed by atoms with Gasteiger partial charge in [0.2, 0.25) is 0 Å². The van der Waals surface area contributed by atoms with Crippen molar-refractivity contribution in [2.24, 2.45) is 11.0 Å². The highest BCUT2D eigenvalue weighted by Gasteiger charge is 2.23. The lowest BCUT2D eigenvalue weighted by molar-refractivity contribution is -0.385. The van der Waals surface area contributed by atoms with Crippen molar-refractivity contribution in [1.82, 2.24) is 10.7 Å². The van der Waals surface area contributed by atoms with Gasteiger partial charge in [0.05, 0.1) is 29.9 Å². The lowest BCUT2D eigenvalue weighted by Gasteiger charge is -2.19. The molecule has 0 aromatic heterocycles. The largest absolute Gasteiger partial charge is 0.493 e. The van der Waals surface area contributed by atoms with Crippen LogP contribution in [0.2, 0.25) is 0 Å². The van der Waals surface area contributed by atoms with Crippen LogP contribution >= 0.6 is 0 Å². The molecule has 0 aliphatic rings. The zero-order valence-electron chi connectivity index (χ0n) is 24.4. The van der Waals surface area contributed by atoms with Gasteiger partial charge >= 0.3 is 0 Å². The van der Waals surface area contributed by atoms with Crippen molar-refractivity contribution in [3.63, 3.8) is 0 Å². The van der Waals surface area contributed by atoms with Crippen LogP contribution in [0.15, 0.2) is 65.8 Å². The molecule has 11 heteroatoms. The van der Waals surface area contributed by atoms with Crippen molar-refractivity contribution in [3.05, 3.63) is 93.0 Å². The van der Waals surface area contributed by atoms with Gasteiger partial charge in [-0.15, -0.1) is 0 Å². The van der Waals surface area contributed by atoms with Gasteiger partial charge in [0.25, 0.3) is 17.5 Å². The predicted octanol–water partition coefficient (Wildman–Crippen LogP) is 4.86. The van der Waals surface area contributed by atoms with E-state index in [9.17, 15) is 19.7 Å². The zero-order chi connectivity index (χ0) is 30.6. The van der Waals surface area contributed by atoms with Crippen LogP contribution in [-0.2, 0) is 16.2 Å². The number of ether oxygens (including phenoxy) is 3. The summed E-state index contributed by atoms with van der Waals surface area (Å²) in [5.74, 6) is 0.121. The number of nitro benzene ring substituents is 1. The van der Waals surface area contributed by atoms with E-state index < -0.39 is 22.8 Å². The molecule has 11 nitrogen and oxygen atoms in total. The van der Waals surface area contributed by atoms with E-state index in [1.807, 2.05) is 76.2 Å². The summed E-state index contributed by atoms with van der Waals surface area (Å²) in [6.07, 6.45) is 1.50. The Bertz CT molecular complexity index is 1400. The molecule has 0 radical (unpaired) electrons. The average molecular weight is 577 g/mol. The van der Waals surface area contributed by atoms with Crippen molar-refractivity contribution in [1.29, 1.82) is 0 Å². The molecule has 42 heavy (non-hydrogen) atoms. The Morgan fingerprint density at radius 1 is 1.00 bits per heavy atom. The molecule has 2 N–H and O–H groups in total. The Labute approximate surface area is 245 Å². The van der Waals surface area contributed by atoms with Crippen LogP contribution in [-0.4, -0.2) is 42.7 Å². The number of benzene rings is 3.